The second-order valence-corrected chi connectivity index (χ2v) is 4.28. The molecule has 5 heteroatoms. The number of aromatic nitrogens is 1. The van der Waals surface area contributed by atoms with Crippen LogP contribution in [-0.2, 0) is 0 Å². The Bertz CT molecular complexity index is 438. The van der Waals surface area contributed by atoms with Gasteiger partial charge < -0.3 is 5.11 Å². The number of rotatable bonds is 3. The van der Waals surface area contributed by atoms with Gasteiger partial charge in [-0.05, 0) is 25.0 Å². The Kier molecular flexibility index (Phi) is 2.93. The highest BCUT2D eigenvalue weighted by Crippen LogP contribution is 2.25. The molecular formula is C12H14N2O3. The van der Waals surface area contributed by atoms with Gasteiger partial charge in [-0.1, -0.05) is 6.92 Å². The van der Waals surface area contributed by atoms with E-state index in [1.54, 1.807) is 26.0 Å². The average Bonchev–Trinajstić information content (AvgIpc) is 2.61. The standard InChI is InChI=1S/C12H14N2O3/c1-7(6-15)8(2)14-11(16)9-4-3-5-13-10(9)12(14)17/h3-5,7-8,15H,6H2,1-2H3. The van der Waals surface area contributed by atoms with Crippen LogP contribution in [0.15, 0.2) is 18.3 Å². The number of fused-ring (bicyclic) bond motifs is 1. The molecule has 17 heavy (non-hydrogen) atoms. The summed E-state index contributed by atoms with van der Waals surface area (Å²) in [6.45, 7) is 3.48. The van der Waals surface area contributed by atoms with Crippen LogP contribution in [0.4, 0.5) is 0 Å². The number of nitrogens with zero attached hydrogens (tertiary/aromatic N) is 2. The van der Waals surface area contributed by atoms with Crippen LogP contribution in [0.2, 0.25) is 0 Å². The van der Waals surface area contributed by atoms with Gasteiger partial charge in [0.1, 0.15) is 5.69 Å². The van der Waals surface area contributed by atoms with E-state index in [4.69, 9.17) is 5.11 Å². The first-order valence-electron chi connectivity index (χ1n) is 5.51. The first-order chi connectivity index (χ1) is 8.07. The number of aliphatic hydroxyl groups is 1. The smallest absolute Gasteiger partial charge is 0.280 e. The van der Waals surface area contributed by atoms with Crippen molar-refractivity contribution in [2.24, 2.45) is 5.92 Å². The molecule has 2 amide bonds. The normalized spacial score (nSPS) is 18.2. The van der Waals surface area contributed by atoms with Gasteiger partial charge in [-0.25, -0.2) is 0 Å². The lowest BCUT2D eigenvalue weighted by atomic mass is 10.0. The number of imide groups is 1. The van der Waals surface area contributed by atoms with Crippen LogP contribution in [0.1, 0.15) is 34.7 Å². The Morgan fingerprint density at radius 2 is 2.06 bits per heavy atom. The zero-order chi connectivity index (χ0) is 12.6. The summed E-state index contributed by atoms with van der Waals surface area (Å²) in [5.74, 6) is -0.860. The molecule has 0 bridgehead atoms. The summed E-state index contributed by atoms with van der Waals surface area (Å²) in [4.78, 5) is 29.2. The van der Waals surface area contributed by atoms with Gasteiger partial charge in [-0.3, -0.25) is 19.5 Å². The van der Waals surface area contributed by atoms with Crippen LogP contribution in [0.5, 0.6) is 0 Å². The highest BCUT2D eigenvalue weighted by molar-refractivity contribution is 6.20. The number of hydrogen-bond acceptors (Lipinski definition) is 4. The lowest BCUT2D eigenvalue weighted by Crippen LogP contribution is -2.42. The Balaban J connectivity index is 2.36. The van der Waals surface area contributed by atoms with Crippen LogP contribution in [-0.4, -0.2) is 39.5 Å². The third-order valence-corrected chi connectivity index (χ3v) is 3.20. The average molecular weight is 234 g/mol. The minimum absolute atomic E-state index is 0.0675. The molecule has 1 aliphatic heterocycles. The van der Waals surface area contributed by atoms with E-state index >= 15 is 0 Å². The molecule has 2 heterocycles. The Labute approximate surface area is 99.1 Å². The van der Waals surface area contributed by atoms with Crippen molar-refractivity contribution in [3.8, 4) is 0 Å². The SMILES string of the molecule is CC(CO)C(C)N1C(=O)c2cccnc2C1=O. The summed E-state index contributed by atoms with van der Waals surface area (Å²) in [6, 6.07) is 2.89. The second-order valence-electron chi connectivity index (χ2n) is 4.28. The van der Waals surface area contributed by atoms with E-state index in [-0.39, 0.29) is 36.1 Å². The van der Waals surface area contributed by atoms with Gasteiger partial charge >= 0.3 is 0 Å². The molecule has 0 saturated heterocycles. The molecule has 0 aliphatic carbocycles. The van der Waals surface area contributed by atoms with Crippen molar-refractivity contribution in [3.05, 3.63) is 29.6 Å². The van der Waals surface area contributed by atoms with Crippen LogP contribution in [0, 0.1) is 5.92 Å². The molecule has 1 N–H and O–H groups in total. The molecule has 1 aromatic heterocycles. The molecule has 0 fully saturated rings. The summed E-state index contributed by atoms with van der Waals surface area (Å²) in [5.41, 5.74) is 0.545. The fourth-order valence-electron chi connectivity index (χ4n) is 1.86. The third kappa shape index (κ3) is 1.72. The van der Waals surface area contributed by atoms with Crippen molar-refractivity contribution in [1.82, 2.24) is 9.88 Å². The quantitative estimate of drug-likeness (QED) is 0.781. The third-order valence-electron chi connectivity index (χ3n) is 3.20. The molecule has 0 saturated carbocycles. The van der Waals surface area contributed by atoms with Gasteiger partial charge in [-0.2, -0.15) is 0 Å². The van der Waals surface area contributed by atoms with E-state index in [1.807, 2.05) is 0 Å². The molecule has 5 nitrogen and oxygen atoms in total. The maximum Gasteiger partial charge on any atom is 0.280 e. The summed E-state index contributed by atoms with van der Waals surface area (Å²) in [5, 5.41) is 9.09. The molecular weight excluding hydrogens is 220 g/mol. The summed E-state index contributed by atoms with van der Waals surface area (Å²) >= 11 is 0. The first-order valence-corrected chi connectivity index (χ1v) is 5.51. The zero-order valence-corrected chi connectivity index (χ0v) is 9.75. The van der Waals surface area contributed by atoms with Gasteiger partial charge in [0.25, 0.3) is 11.8 Å². The van der Waals surface area contributed by atoms with Gasteiger partial charge in [0.15, 0.2) is 0 Å². The number of hydrogen-bond donors (Lipinski definition) is 1. The van der Waals surface area contributed by atoms with Gasteiger partial charge in [-0.15, -0.1) is 0 Å². The minimum Gasteiger partial charge on any atom is -0.396 e. The summed E-state index contributed by atoms with van der Waals surface area (Å²) < 4.78 is 0. The Hall–Kier alpha value is -1.75. The number of carbonyl (C=O) groups is 2. The summed E-state index contributed by atoms with van der Waals surface area (Å²) in [6.07, 6.45) is 1.49. The minimum atomic E-state index is -0.376. The van der Waals surface area contributed by atoms with E-state index in [2.05, 4.69) is 4.98 Å². The molecule has 0 aromatic carbocycles. The maximum absolute atomic E-state index is 12.1. The predicted molar refractivity (Wildman–Crippen MR) is 60.4 cm³/mol. The Morgan fingerprint density at radius 1 is 1.35 bits per heavy atom. The van der Waals surface area contributed by atoms with E-state index < -0.39 is 0 Å². The number of amides is 2. The van der Waals surface area contributed by atoms with Crippen LogP contribution in [0.3, 0.4) is 0 Å². The topological polar surface area (TPSA) is 70.5 Å². The highest BCUT2D eigenvalue weighted by atomic mass is 16.3. The molecule has 2 rings (SSSR count). The summed E-state index contributed by atoms with van der Waals surface area (Å²) in [7, 11) is 0. The van der Waals surface area contributed by atoms with Crippen LogP contribution < -0.4 is 0 Å². The lowest BCUT2D eigenvalue weighted by Gasteiger charge is -2.26. The largest absolute Gasteiger partial charge is 0.396 e. The molecule has 90 valence electrons. The van der Waals surface area contributed by atoms with Crippen molar-refractivity contribution in [3.63, 3.8) is 0 Å². The molecule has 2 atom stereocenters. The van der Waals surface area contributed by atoms with E-state index in [9.17, 15) is 9.59 Å². The predicted octanol–water partition coefficient (Wildman–Crippen LogP) is 0.695. The fourth-order valence-corrected chi connectivity index (χ4v) is 1.86. The molecule has 0 spiro atoms. The van der Waals surface area contributed by atoms with Crippen molar-refractivity contribution in [2.45, 2.75) is 19.9 Å². The molecule has 1 aliphatic rings. The van der Waals surface area contributed by atoms with Crippen molar-refractivity contribution < 1.29 is 14.7 Å². The first kappa shape index (κ1) is 11.7. The van der Waals surface area contributed by atoms with E-state index in [0.717, 1.165) is 0 Å². The second kappa shape index (κ2) is 4.25. The van der Waals surface area contributed by atoms with E-state index in [1.165, 1.54) is 11.1 Å². The zero-order valence-electron chi connectivity index (χ0n) is 9.75. The Morgan fingerprint density at radius 3 is 2.65 bits per heavy atom. The van der Waals surface area contributed by atoms with Crippen molar-refractivity contribution in [1.29, 1.82) is 0 Å². The maximum atomic E-state index is 12.1. The molecule has 0 radical (unpaired) electrons. The number of pyridine rings is 1. The highest BCUT2D eigenvalue weighted by Gasteiger charge is 2.40. The van der Waals surface area contributed by atoms with Gasteiger partial charge in [0, 0.05) is 18.8 Å². The fraction of sp³-hybridized carbons (Fsp3) is 0.417. The van der Waals surface area contributed by atoms with Crippen LogP contribution >= 0.6 is 0 Å². The van der Waals surface area contributed by atoms with Crippen molar-refractivity contribution in [2.75, 3.05) is 6.61 Å². The lowest BCUT2D eigenvalue weighted by molar-refractivity contribution is 0.0514. The van der Waals surface area contributed by atoms with Crippen LogP contribution in [0.25, 0.3) is 0 Å². The monoisotopic (exact) mass is 234 g/mol. The molecule has 1 aromatic rings. The number of aliphatic hydroxyl groups excluding tert-OH is 1. The van der Waals surface area contributed by atoms with Gasteiger partial charge in [0.05, 0.1) is 5.56 Å². The number of carbonyl (C=O) groups excluding carboxylic acids is 2. The van der Waals surface area contributed by atoms with E-state index in [0.29, 0.717) is 5.56 Å². The van der Waals surface area contributed by atoms with Crippen molar-refractivity contribution >= 4 is 11.8 Å². The van der Waals surface area contributed by atoms with Gasteiger partial charge in [0.2, 0.25) is 0 Å². The molecule has 2 unspecified atom stereocenters.